The molecule has 6 nitrogen and oxygen atoms in total. The molecule has 0 aliphatic heterocycles. The number of carbonyl (C=O) groups is 2. The number of hydrogen-bond donors (Lipinski definition) is 1. The number of amides is 1. The fraction of sp³-hybridized carbons (Fsp3) is 0.167. The summed E-state index contributed by atoms with van der Waals surface area (Å²) in [7, 11) is 0. The molecule has 1 N–H and O–H groups in total. The van der Waals surface area contributed by atoms with E-state index in [1.54, 1.807) is 6.92 Å². The number of aromatic nitrogens is 1. The third-order valence-electron chi connectivity index (χ3n) is 3.32. The molecular formula is C18H14Cl2F2N2O4. The van der Waals surface area contributed by atoms with Crippen molar-refractivity contribution in [3.05, 3.63) is 57.7 Å². The number of nitrogens with one attached hydrogen (secondary N) is 1. The summed E-state index contributed by atoms with van der Waals surface area (Å²) in [5.41, 5.74) is 1.11. The van der Waals surface area contributed by atoms with Crippen LogP contribution in [0.1, 0.15) is 11.1 Å². The number of esters is 1. The molecule has 0 unspecified atom stereocenters. The van der Waals surface area contributed by atoms with E-state index in [1.807, 2.05) is 0 Å². The zero-order valence-electron chi connectivity index (χ0n) is 14.4. The summed E-state index contributed by atoms with van der Waals surface area (Å²) < 4.78 is 33.2. The Morgan fingerprint density at radius 1 is 1.25 bits per heavy atom. The highest BCUT2D eigenvalue weighted by molar-refractivity contribution is 6.37. The highest BCUT2D eigenvalue weighted by Crippen LogP contribution is 2.28. The first-order chi connectivity index (χ1) is 13.3. The molecule has 28 heavy (non-hydrogen) atoms. The Kier molecular flexibility index (Phi) is 7.71. The summed E-state index contributed by atoms with van der Waals surface area (Å²) in [5, 5.41) is 2.95. The lowest BCUT2D eigenvalue weighted by atomic mass is 10.2. The van der Waals surface area contributed by atoms with Crippen molar-refractivity contribution in [1.29, 1.82) is 0 Å². The van der Waals surface area contributed by atoms with Crippen LogP contribution >= 0.6 is 23.2 Å². The van der Waals surface area contributed by atoms with Crippen LogP contribution in [0.3, 0.4) is 0 Å². The zero-order valence-corrected chi connectivity index (χ0v) is 15.9. The van der Waals surface area contributed by atoms with Gasteiger partial charge in [-0.2, -0.15) is 8.78 Å². The molecule has 1 heterocycles. The molecule has 2 rings (SSSR count). The van der Waals surface area contributed by atoms with Crippen LogP contribution in [-0.4, -0.2) is 30.1 Å². The van der Waals surface area contributed by atoms with E-state index in [-0.39, 0.29) is 16.6 Å². The molecular weight excluding hydrogens is 417 g/mol. The van der Waals surface area contributed by atoms with Crippen molar-refractivity contribution < 1.29 is 27.8 Å². The van der Waals surface area contributed by atoms with E-state index in [4.69, 9.17) is 27.9 Å². The Morgan fingerprint density at radius 3 is 2.57 bits per heavy atom. The molecule has 2 aromatic rings. The van der Waals surface area contributed by atoms with Gasteiger partial charge in [0.25, 0.3) is 5.91 Å². The maximum atomic E-state index is 12.1. The van der Waals surface area contributed by atoms with Crippen LogP contribution in [0.5, 0.6) is 5.75 Å². The highest BCUT2D eigenvalue weighted by atomic mass is 35.5. The van der Waals surface area contributed by atoms with Gasteiger partial charge < -0.3 is 14.8 Å². The van der Waals surface area contributed by atoms with Crippen molar-refractivity contribution in [3.63, 3.8) is 0 Å². The first-order valence-corrected chi connectivity index (χ1v) is 8.52. The molecule has 0 saturated carbocycles. The minimum Gasteiger partial charge on any atom is -0.452 e. The molecule has 1 aromatic carbocycles. The fourth-order valence-corrected chi connectivity index (χ4v) is 2.31. The van der Waals surface area contributed by atoms with E-state index >= 15 is 0 Å². The van der Waals surface area contributed by atoms with Crippen LogP contribution in [-0.2, 0) is 14.3 Å². The molecule has 0 saturated heterocycles. The summed E-state index contributed by atoms with van der Waals surface area (Å²) in [5.74, 6) is -1.30. The van der Waals surface area contributed by atoms with Gasteiger partial charge in [0.1, 0.15) is 5.75 Å². The lowest BCUT2D eigenvalue weighted by Crippen LogP contribution is -2.21. The highest BCUT2D eigenvalue weighted by Gasteiger charge is 2.12. The fourth-order valence-electron chi connectivity index (χ4n) is 1.92. The van der Waals surface area contributed by atoms with Crippen LogP contribution < -0.4 is 10.1 Å². The quantitative estimate of drug-likeness (QED) is 0.516. The third kappa shape index (κ3) is 6.47. The molecule has 0 fully saturated rings. The van der Waals surface area contributed by atoms with Crippen LogP contribution in [0, 0.1) is 6.92 Å². The van der Waals surface area contributed by atoms with Gasteiger partial charge in [-0.15, -0.1) is 0 Å². The molecule has 10 heteroatoms. The van der Waals surface area contributed by atoms with Crippen molar-refractivity contribution in [2.75, 3.05) is 11.9 Å². The molecule has 0 radical (unpaired) electrons. The van der Waals surface area contributed by atoms with E-state index in [0.717, 1.165) is 6.08 Å². The van der Waals surface area contributed by atoms with Crippen molar-refractivity contribution in [1.82, 2.24) is 4.98 Å². The van der Waals surface area contributed by atoms with Crippen LogP contribution in [0.15, 0.2) is 36.5 Å². The number of halogens is 4. The number of benzene rings is 1. The lowest BCUT2D eigenvalue weighted by molar-refractivity contribution is -0.142. The number of rotatable bonds is 7. The number of anilines is 1. The summed E-state index contributed by atoms with van der Waals surface area (Å²) >= 11 is 11.9. The first kappa shape index (κ1) is 21.6. The second-order valence-corrected chi connectivity index (χ2v) is 6.12. The van der Waals surface area contributed by atoms with Crippen molar-refractivity contribution in [2.45, 2.75) is 13.5 Å². The Labute approximate surface area is 169 Å². The Balaban J connectivity index is 1.84. The molecule has 0 aliphatic carbocycles. The van der Waals surface area contributed by atoms with Crippen molar-refractivity contribution in [3.8, 4) is 5.75 Å². The molecule has 1 amide bonds. The largest absolute Gasteiger partial charge is 0.452 e. The van der Waals surface area contributed by atoms with E-state index in [2.05, 4.69) is 15.0 Å². The van der Waals surface area contributed by atoms with Gasteiger partial charge in [0, 0.05) is 12.3 Å². The topological polar surface area (TPSA) is 77.5 Å². The predicted molar refractivity (Wildman–Crippen MR) is 101 cm³/mol. The first-order valence-electron chi connectivity index (χ1n) is 7.76. The Hall–Kier alpha value is -2.71. The number of carbonyl (C=O) groups excluding carboxylic acids is 2. The van der Waals surface area contributed by atoms with Gasteiger partial charge in [0.15, 0.2) is 12.4 Å². The van der Waals surface area contributed by atoms with Crippen molar-refractivity contribution >= 4 is 47.0 Å². The third-order valence-corrected chi connectivity index (χ3v) is 4.17. The SMILES string of the molecule is Cc1c(Cl)cnc(NC(=O)COC(=O)/C=C/c2ccc(OC(F)F)cc2)c1Cl. The van der Waals surface area contributed by atoms with Gasteiger partial charge in [-0.3, -0.25) is 4.79 Å². The molecule has 0 atom stereocenters. The summed E-state index contributed by atoms with van der Waals surface area (Å²) in [6.45, 7) is -1.80. The molecule has 148 valence electrons. The Bertz CT molecular complexity index is 890. The summed E-state index contributed by atoms with van der Waals surface area (Å²) in [6.07, 6.45) is 3.83. The normalized spacial score (nSPS) is 10.9. The van der Waals surface area contributed by atoms with Gasteiger partial charge in [0.2, 0.25) is 0 Å². The van der Waals surface area contributed by atoms with Crippen LogP contribution in [0.25, 0.3) is 6.08 Å². The molecule has 1 aromatic heterocycles. The maximum Gasteiger partial charge on any atom is 0.387 e. The average Bonchev–Trinajstić information content (AvgIpc) is 2.66. The van der Waals surface area contributed by atoms with E-state index in [0.29, 0.717) is 16.1 Å². The number of alkyl halides is 2. The number of ether oxygens (including phenoxy) is 2. The van der Waals surface area contributed by atoms with Gasteiger partial charge in [-0.1, -0.05) is 35.3 Å². The Morgan fingerprint density at radius 2 is 1.93 bits per heavy atom. The lowest BCUT2D eigenvalue weighted by Gasteiger charge is -2.09. The van der Waals surface area contributed by atoms with Gasteiger partial charge >= 0.3 is 12.6 Å². The minimum absolute atomic E-state index is 0.00361. The average molecular weight is 431 g/mol. The van der Waals surface area contributed by atoms with E-state index < -0.39 is 25.1 Å². The standard InChI is InChI=1S/C18H14Cl2F2N2O4/c1-10-13(19)8-23-17(16(10)20)24-14(25)9-27-15(26)7-4-11-2-5-12(6-3-11)28-18(21)22/h2-8,18H,9H2,1H3,(H,23,24,25)/b7-4+. The van der Waals surface area contributed by atoms with E-state index in [1.165, 1.54) is 36.5 Å². The number of pyridine rings is 1. The van der Waals surface area contributed by atoms with Gasteiger partial charge in [-0.05, 0) is 36.3 Å². The molecule has 0 spiro atoms. The zero-order chi connectivity index (χ0) is 20.7. The summed E-state index contributed by atoms with van der Waals surface area (Å²) in [6, 6.07) is 5.61. The van der Waals surface area contributed by atoms with Crippen LogP contribution in [0.4, 0.5) is 14.6 Å². The van der Waals surface area contributed by atoms with Gasteiger partial charge in [0.05, 0.1) is 10.0 Å². The van der Waals surface area contributed by atoms with Crippen molar-refractivity contribution in [2.24, 2.45) is 0 Å². The monoisotopic (exact) mass is 430 g/mol. The van der Waals surface area contributed by atoms with Crippen LogP contribution in [0.2, 0.25) is 10.0 Å². The minimum atomic E-state index is -2.91. The number of hydrogen-bond acceptors (Lipinski definition) is 5. The number of nitrogens with zero attached hydrogens (tertiary/aromatic N) is 1. The summed E-state index contributed by atoms with van der Waals surface area (Å²) in [4.78, 5) is 27.4. The predicted octanol–water partition coefficient (Wildman–Crippen LogP) is 4.49. The maximum absolute atomic E-state index is 12.1. The molecule has 0 bridgehead atoms. The second-order valence-electron chi connectivity index (χ2n) is 5.33. The molecule has 0 aliphatic rings. The van der Waals surface area contributed by atoms with E-state index in [9.17, 15) is 18.4 Å². The smallest absolute Gasteiger partial charge is 0.387 e. The van der Waals surface area contributed by atoms with Gasteiger partial charge in [-0.25, -0.2) is 9.78 Å². The second kappa shape index (κ2) is 10.0.